The minimum Gasteiger partial charge on any atom is -0.475 e. The molecule has 0 bridgehead atoms. The number of carbonyl (C=O) groups excluding carboxylic acids is 1. The van der Waals surface area contributed by atoms with Gasteiger partial charge in [-0.1, -0.05) is 30.3 Å². The van der Waals surface area contributed by atoms with Gasteiger partial charge in [0.1, 0.15) is 5.82 Å². The minimum atomic E-state index is -0.745. The van der Waals surface area contributed by atoms with Crippen LogP contribution < -0.4 is 26.6 Å². The molecule has 0 aliphatic rings. The monoisotopic (exact) mass is 409 g/mol. The van der Waals surface area contributed by atoms with E-state index in [4.69, 9.17) is 10.5 Å². The second kappa shape index (κ2) is 8.64. The van der Waals surface area contributed by atoms with Gasteiger partial charge in [-0.2, -0.15) is 0 Å². The minimum absolute atomic E-state index is 0.0502. The van der Waals surface area contributed by atoms with Crippen molar-refractivity contribution in [1.82, 2.24) is 14.5 Å². The Bertz CT molecular complexity index is 1150. The topological polar surface area (TPSA) is 123 Å². The fourth-order valence-corrected chi connectivity index (χ4v) is 2.94. The van der Waals surface area contributed by atoms with Gasteiger partial charge in [-0.25, -0.2) is 9.78 Å². The number of nitrogens with two attached hydrogens (primary N) is 1. The van der Waals surface area contributed by atoms with Gasteiger partial charge in [0.15, 0.2) is 5.69 Å². The van der Waals surface area contributed by atoms with Crippen LogP contribution in [0.3, 0.4) is 0 Å². The van der Waals surface area contributed by atoms with Crippen LogP contribution in [0, 0.1) is 0 Å². The number of hydrogen-bond acceptors (Lipinski definition) is 6. The first kappa shape index (κ1) is 20.8. The molecule has 0 aliphatic heterocycles. The molecule has 0 spiro atoms. The molecular weight excluding hydrogens is 386 g/mol. The summed E-state index contributed by atoms with van der Waals surface area (Å²) in [7, 11) is 1.42. The van der Waals surface area contributed by atoms with Gasteiger partial charge in [-0.15, -0.1) is 0 Å². The first-order valence-corrected chi connectivity index (χ1v) is 9.35. The molecule has 3 aromatic rings. The van der Waals surface area contributed by atoms with Gasteiger partial charge in [0.25, 0.3) is 11.5 Å². The summed E-state index contributed by atoms with van der Waals surface area (Å²) in [6.07, 6.45) is 1.31. The molecule has 3 N–H and O–H groups in total. The van der Waals surface area contributed by atoms with E-state index in [1.807, 2.05) is 44.2 Å². The highest BCUT2D eigenvalue weighted by Gasteiger charge is 2.22. The Morgan fingerprint density at radius 3 is 2.50 bits per heavy atom. The van der Waals surface area contributed by atoms with Gasteiger partial charge in [0, 0.05) is 19.3 Å². The van der Waals surface area contributed by atoms with Crippen LogP contribution in [0.2, 0.25) is 0 Å². The van der Waals surface area contributed by atoms with Crippen LogP contribution in [0.4, 0.5) is 11.5 Å². The predicted molar refractivity (Wildman–Crippen MR) is 114 cm³/mol. The maximum Gasteiger partial charge on any atom is 0.330 e. The number of aromatic nitrogens is 3. The molecule has 0 atom stereocenters. The van der Waals surface area contributed by atoms with Crippen molar-refractivity contribution in [2.75, 3.05) is 17.7 Å². The normalized spacial score (nSPS) is 10.8. The summed E-state index contributed by atoms with van der Waals surface area (Å²) >= 11 is 0. The fraction of sp³-hybridized carbons (Fsp3) is 0.238. The molecule has 9 nitrogen and oxygen atoms in total. The Kier molecular flexibility index (Phi) is 6.01. The summed E-state index contributed by atoms with van der Waals surface area (Å²) in [5.41, 5.74) is 5.70. The summed E-state index contributed by atoms with van der Waals surface area (Å²) in [5.74, 6) is -0.213. The zero-order valence-electron chi connectivity index (χ0n) is 17.0. The molecule has 1 amide bonds. The van der Waals surface area contributed by atoms with Crippen molar-refractivity contribution in [3.05, 3.63) is 80.6 Å². The van der Waals surface area contributed by atoms with E-state index in [-0.39, 0.29) is 29.7 Å². The second-order valence-corrected chi connectivity index (χ2v) is 6.98. The highest BCUT2D eigenvalue weighted by atomic mass is 16.5. The van der Waals surface area contributed by atoms with Crippen LogP contribution in [0.1, 0.15) is 29.8 Å². The molecule has 0 saturated heterocycles. The van der Waals surface area contributed by atoms with E-state index in [0.29, 0.717) is 5.88 Å². The molecule has 0 unspecified atom stereocenters. The molecule has 1 aromatic carbocycles. The van der Waals surface area contributed by atoms with Gasteiger partial charge in [-0.3, -0.25) is 19.1 Å². The van der Waals surface area contributed by atoms with E-state index in [9.17, 15) is 14.4 Å². The Morgan fingerprint density at radius 1 is 1.20 bits per heavy atom. The molecule has 9 heteroatoms. The van der Waals surface area contributed by atoms with Crippen molar-refractivity contribution in [2.45, 2.75) is 26.5 Å². The van der Waals surface area contributed by atoms with Gasteiger partial charge in [0.2, 0.25) is 5.88 Å². The standard InChI is InChI=1S/C21H23N5O4/c1-13(2)30-16-10-9-15(11-23-16)20(28)25(3)17-18(22)26(21(29)24-19(17)27)12-14-7-5-4-6-8-14/h4-11,13H,12,22H2,1-3H3,(H,24,27,29). The molecule has 0 fully saturated rings. The number of benzene rings is 1. The van der Waals surface area contributed by atoms with Gasteiger partial charge in [0.05, 0.1) is 18.2 Å². The Hall–Kier alpha value is -3.88. The highest BCUT2D eigenvalue weighted by molar-refractivity contribution is 6.06. The van der Waals surface area contributed by atoms with Crippen molar-refractivity contribution in [1.29, 1.82) is 0 Å². The first-order valence-electron chi connectivity index (χ1n) is 9.35. The number of hydrogen-bond donors (Lipinski definition) is 2. The lowest BCUT2D eigenvalue weighted by Gasteiger charge is -2.20. The van der Waals surface area contributed by atoms with E-state index in [0.717, 1.165) is 10.5 Å². The Labute approximate surface area is 172 Å². The van der Waals surface area contributed by atoms with Crippen molar-refractivity contribution < 1.29 is 9.53 Å². The zero-order chi connectivity index (χ0) is 21.8. The maximum atomic E-state index is 12.9. The lowest BCUT2D eigenvalue weighted by atomic mass is 10.2. The van der Waals surface area contributed by atoms with Crippen molar-refractivity contribution >= 4 is 17.4 Å². The third-order valence-electron chi connectivity index (χ3n) is 4.38. The number of nitrogens with zero attached hydrogens (tertiary/aromatic N) is 3. The number of aromatic amines is 1. The number of anilines is 2. The van der Waals surface area contributed by atoms with Crippen molar-refractivity contribution in [3.8, 4) is 5.88 Å². The van der Waals surface area contributed by atoms with Crippen LogP contribution in [-0.2, 0) is 6.54 Å². The Morgan fingerprint density at radius 2 is 1.90 bits per heavy atom. The third-order valence-corrected chi connectivity index (χ3v) is 4.38. The van der Waals surface area contributed by atoms with E-state index in [1.54, 1.807) is 12.1 Å². The lowest BCUT2D eigenvalue weighted by Crippen LogP contribution is -2.39. The fourth-order valence-electron chi connectivity index (χ4n) is 2.94. The molecule has 0 saturated carbocycles. The van der Waals surface area contributed by atoms with Crippen molar-refractivity contribution in [2.24, 2.45) is 0 Å². The molecule has 2 heterocycles. The number of rotatable bonds is 6. The maximum absolute atomic E-state index is 12.9. The number of nitrogens with one attached hydrogen (secondary N) is 1. The number of pyridine rings is 1. The third kappa shape index (κ3) is 4.40. The molecule has 2 aromatic heterocycles. The number of ether oxygens (including phenoxy) is 1. The molecular formula is C21H23N5O4. The largest absolute Gasteiger partial charge is 0.475 e. The average Bonchev–Trinajstić information content (AvgIpc) is 2.71. The molecule has 156 valence electrons. The van der Waals surface area contributed by atoms with Gasteiger partial charge in [-0.05, 0) is 25.5 Å². The molecule has 3 rings (SSSR count). The first-order chi connectivity index (χ1) is 14.3. The zero-order valence-corrected chi connectivity index (χ0v) is 17.0. The summed E-state index contributed by atoms with van der Waals surface area (Å²) in [6.45, 7) is 3.89. The van der Waals surface area contributed by atoms with Crippen LogP contribution in [-0.4, -0.2) is 33.6 Å². The van der Waals surface area contributed by atoms with E-state index >= 15 is 0 Å². The van der Waals surface area contributed by atoms with Crippen LogP contribution in [0.25, 0.3) is 0 Å². The summed E-state index contributed by atoms with van der Waals surface area (Å²) in [5, 5.41) is 0. The number of amides is 1. The smallest absolute Gasteiger partial charge is 0.330 e. The van der Waals surface area contributed by atoms with Crippen LogP contribution in [0.15, 0.2) is 58.3 Å². The van der Waals surface area contributed by atoms with Gasteiger partial charge < -0.3 is 15.4 Å². The highest BCUT2D eigenvalue weighted by Crippen LogP contribution is 2.19. The predicted octanol–water partition coefficient (Wildman–Crippen LogP) is 1.63. The number of carbonyl (C=O) groups is 1. The number of nitrogen functional groups attached to an aromatic ring is 1. The van der Waals surface area contributed by atoms with Crippen molar-refractivity contribution in [3.63, 3.8) is 0 Å². The number of H-pyrrole nitrogens is 1. The molecule has 0 radical (unpaired) electrons. The van der Waals surface area contributed by atoms with E-state index in [2.05, 4.69) is 9.97 Å². The summed E-state index contributed by atoms with van der Waals surface area (Å²) < 4.78 is 6.68. The summed E-state index contributed by atoms with van der Waals surface area (Å²) in [6, 6.07) is 12.3. The van der Waals surface area contributed by atoms with Crippen LogP contribution in [0.5, 0.6) is 5.88 Å². The quantitative estimate of drug-likeness (QED) is 0.638. The Balaban J connectivity index is 1.94. The summed E-state index contributed by atoms with van der Waals surface area (Å²) in [4.78, 5) is 45.1. The van der Waals surface area contributed by atoms with E-state index in [1.165, 1.54) is 17.8 Å². The lowest BCUT2D eigenvalue weighted by molar-refractivity contribution is 0.0992. The molecule has 30 heavy (non-hydrogen) atoms. The average molecular weight is 409 g/mol. The molecule has 0 aliphatic carbocycles. The van der Waals surface area contributed by atoms with Crippen LogP contribution >= 0.6 is 0 Å². The SMILES string of the molecule is CC(C)Oc1ccc(C(=O)N(C)c2c(N)n(Cc3ccccc3)c(=O)[nH]c2=O)cn1. The second-order valence-electron chi connectivity index (χ2n) is 6.98. The van der Waals surface area contributed by atoms with Gasteiger partial charge >= 0.3 is 5.69 Å². The van der Waals surface area contributed by atoms with E-state index < -0.39 is 17.2 Å².